The van der Waals surface area contributed by atoms with Crippen LogP contribution in [0.3, 0.4) is 0 Å². The number of halogens is 2. The summed E-state index contributed by atoms with van der Waals surface area (Å²) < 4.78 is 0. The van der Waals surface area contributed by atoms with Gasteiger partial charge in [-0.05, 0) is 0 Å². The first-order chi connectivity index (χ1) is 1.41. The molecule has 0 rings (SSSR count). The van der Waals surface area contributed by atoms with Crippen molar-refractivity contribution in [2.24, 2.45) is 0 Å². The third-order valence-electron chi connectivity index (χ3n) is 0. The summed E-state index contributed by atoms with van der Waals surface area (Å²) in [5, 5.41) is 0. The van der Waals surface area contributed by atoms with Crippen molar-refractivity contribution in [3.05, 3.63) is 6.15 Å². The Morgan fingerprint density at radius 1 is 1.20 bits per heavy atom. The van der Waals surface area contributed by atoms with E-state index in [1.165, 1.54) is 0 Å². The summed E-state index contributed by atoms with van der Waals surface area (Å²) in [6.45, 7) is 0. The van der Waals surface area contributed by atoms with E-state index in [1.807, 2.05) is 0 Å². The SMILES string of the molecule is N.[Cl][Pt+2][Cl].[NH2-]. The van der Waals surface area contributed by atoms with Crippen molar-refractivity contribution < 1.29 is 16.5 Å². The van der Waals surface area contributed by atoms with E-state index >= 15 is 0 Å². The Bertz CT molecular complexity index is 7.61. The van der Waals surface area contributed by atoms with Crippen LogP contribution in [0.2, 0.25) is 0 Å². The molecule has 5 heteroatoms. The third-order valence-corrected chi connectivity index (χ3v) is 0. The predicted octanol–water partition coefficient (Wildman–Crippen LogP) is 2.26. The minimum absolute atomic E-state index is 0. The molecular formula is H5Cl2N2Pt+. The van der Waals surface area contributed by atoms with Crippen LogP contribution in [0.25, 0.3) is 6.15 Å². The molecule has 5 N–H and O–H groups in total. The predicted molar refractivity (Wildman–Crippen MR) is 22.0 cm³/mol. The van der Waals surface area contributed by atoms with Gasteiger partial charge < -0.3 is 12.3 Å². The van der Waals surface area contributed by atoms with Gasteiger partial charge in [0.05, 0.1) is 0 Å². The zero-order chi connectivity index (χ0) is 2.71. The van der Waals surface area contributed by atoms with Gasteiger partial charge >= 0.3 is 35.3 Å². The molecule has 0 fully saturated rings. The molecule has 0 aliphatic carbocycles. The third kappa shape index (κ3) is 37.3. The maximum atomic E-state index is 4.88. The molecule has 0 aromatic carbocycles. The van der Waals surface area contributed by atoms with E-state index in [4.69, 9.17) is 18.8 Å². The van der Waals surface area contributed by atoms with Crippen LogP contribution >= 0.6 is 18.8 Å². The maximum Gasteiger partial charge on any atom is -0.693 e. The number of rotatable bonds is 0. The van der Waals surface area contributed by atoms with Gasteiger partial charge in [0.25, 0.3) is 0 Å². The van der Waals surface area contributed by atoms with Gasteiger partial charge in [-0.15, -0.1) is 0 Å². The fourth-order valence-electron chi connectivity index (χ4n) is 0. The zero-order valence-corrected chi connectivity index (χ0v) is 6.14. The summed E-state index contributed by atoms with van der Waals surface area (Å²) in [5.41, 5.74) is 0. The van der Waals surface area contributed by atoms with Crippen LogP contribution in [0.5, 0.6) is 0 Å². The van der Waals surface area contributed by atoms with Crippen LogP contribution in [0, 0.1) is 0 Å². The molecule has 0 amide bonds. The van der Waals surface area contributed by atoms with E-state index < -0.39 is 16.5 Å². The van der Waals surface area contributed by atoms with E-state index in [9.17, 15) is 0 Å². The van der Waals surface area contributed by atoms with E-state index in [0.29, 0.717) is 0 Å². The van der Waals surface area contributed by atoms with E-state index in [-0.39, 0.29) is 12.3 Å². The standard InChI is InChI=1S/2ClH.H3N.H2N.Pt/h2*1H;1H3;1H2;/q;;;-1;+4/p-2. The molecule has 0 unspecified atom stereocenters. The van der Waals surface area contributed by atoms with Crippen LogP contribution < -0.4 is 6.15 Å². The topological polar surface area (TPSA) is 68.5 Å². The van der Waals surface area contributed by atoms with Gasteiger partial charge in [0.15, 0.2) is 0 Å². The van der Waals surface area contributed by atoms with Gasteiger partial charge in [-0.3, -0.25) is 0 Å². The summed E-state index contributed by atoms with van der Waals surface area (Å²) in [7, 11) is 9.75. The largest absolute Gasteiger partial charge is 0.693 e. The minimum atomic E-state index is -0.472. The second-order valence-electron chi connectivity index (χ2n) is 0.0452. The number of hydrogen-bond acceptors (Lipinski definition) is 1. The first-order valence-electron chi connectivity index (χ1n) is 0.239. The van der Waals surface area contributed by atoms with E-state index in [2.05, 4.69) is 0 Å². The van der Waals surface area contributed by atoms with Crippen molar-refractivity contribution in [3.63, 3.8) is 0 Å². The summed E-state index contributed by atoms with van der Waals surface area (Å²) in [4.78, 5) is 0. The Hall–Kier alpha value is 1.19. The smallest absolute Gasteiger partial charge is 0.693 e. The monoisotopic (exact) mass is 298 g/mol. The normalized spacial score (nSPS) is 4.40. The quantitative estimate of drug-likeness (QED) is 0.732. The maximum absolute atomic E-state index is 4.88. The molecule has 0 aromatic heterocycles. The van der Waals surface area contributed by atoms with Crippen molar-refractivity contribution in [1.29, 1.82) is 0 Å². The summed E-state index contributed by atoms with van der Waals surface area (Å²) >= 11 is -0.472. The molecule has 38 valence electrons. The van der Waals surface area contributed by atoms with Crippen LogP contribution in [-0.4, -0.2) is 0 Å². The first-order valence-corrected chi connectivity index (χ1v) is 5.87. The molecule has 0 aromatic rings. The molecule has 0 saturated heterocycles. The molecule has 0 aliphatic heterocycles. The van der Waals surface area contributed by atoms with Crippen LogP contribution in [0.1, 0.15) is 0 Å². The zero-order valence-electron chi connectivity index (χ0n) is 2.36. The minimum Gasteiger partial charge on any atom is -0.693 e. The van der Waals surface area contributed by atoms with Gasteiger partial charge in [0, 0.05) is 0 Å². The molecule has 0 spiro atoms. The van der Waals surface area contributed by atoms with E-state index in [1.54, 1.807) is 0 Å². The Morgan fingerprint density at radius 2 is 1.20 bits per heavy atom. The Labute approximate surface area is 47.8 Å². The molecule has 0 bridgehead atoms. The van der Waals surface area contributed by atoms with Gasteiger partial charge in [-0.2, -0.15) is 0 Å². The first kappa shape index (κ1) is 16.4. The molecule has 0 radical (unpaired) electrons. The second kappa shape index (κ2) is 19.0. The summed E-state index contributed by atoms with van der Waals surface area (Å²) in [5.74, 6) is 0. The molecule has 0 heterocycles. The molecule has 0 aliphatic rings. The fraction of sp³-hybridized carbons (Fsp3) is 0. The van der Waals surface area contributed by atoms with Crippen molar-refractivity contribution in [3.8, 4) is 0 Å². The van der Waals surface area contributed by atoms with Crippen LogP contribution in [-0.2, 0) is 16.5 Å². The molecule has 2 nitrogen and oxygen atoms in total. The Morgan fingerprint density at radius 3 is 1.20 bits per heavy atom. The summed E-state index contributed by atoms with van der Waals surface area (Å²) in [6.07, 6.45) is 0. The Balaban J connectivity index is -0.0000000200. The van der Waals surface area contributed by atoms with Crippen LogP contribution in [0.15, 0.2) is 0 Å². The number of nitrogens with two attached hydrogens (primary N) is 1. The molecule has 0 saturated carbocycles. The molecule has 0 atom stereocenters. The average Bonchev–Trinajstić information content (AvgIpc) is 0.918. The van der Waals surface area contributed by atoms with Crippen molar-refractivity contribution in [2.45, 2.75) is 0 Å². The van der Waals surface area contributed by atoms with Crippen molar-refractivity contribution in [1.82, 2.24) is 6.15 Å². The van der Waals surface area contributed by atoms with Crippen molar-refractivity contribution in [2.75, 3.05) is 0 Å². The number of hydrogen-bond donors (Lipinski definition) is 1. The van der Waals surface area contributed by atoms with Crippen molar-refractivity contribution >= 4 is 18.8 Å². The molecule has 5 heavy (non-hydrogen) atoms. The Kier molecular flexibility index (Phi) is 62.3. The second-order valence-corrected chi connectivity index (χ2v) is 3.33. The summed E-state index contributed by atoms with van der Waals surface area (Å²) in [6, 6.07) is 0. The van der Waals surface area contributed by atoms with E-state index in [0.717, 1.165) is 0 Å². The van der Waals surface area contributed by atoms with Gasteiger partial charge in [0.2, 0.25) is 0 Å². The van der Waals surface area contributed by atoms with Gasteiger partial charge in [0.1, 0.15) is 0 Å². The van der Waals surface area contributed by atoms with Gasteiger partial charge in [-0.25, -0.2) is 0 Å². The average molecular weight is 299 g/mol. The van der Waals surface area contributed by atoms with Crippen LogP contribution in [0.4, 0.5) is 0 Å². The van der Waals surface area contributed by atoms with Gasteiger partial charge in [-0.1, -0.05) is 0 Å². The fourth-order valence-corrected chi connectivity index (χ4v) is 0. The molecular weight excluding hydrogens is 294 g/mol.